The molecule has 0 aliphatic carbocycles. The van der Waals surface area contributed by atoms with Crippen molar-refractivity contribution >= 4 is 0 Å². The van der Waals surface area contributed by atoms with Crippen LogP contribution >= 0.6 is 0 Å². The third-order valence-corrected chi connectivity index (χ3v) is 1.18. The minimum Gasteiger partial charge on any atom is -0.405 e. The summed E-state index contributed by atoms with van der Waals surface area (Å²) in [7, 11) is 0. The van der Waals surface area contributed by atoms with Gasteiger partial charge in [0, 0.05) is 0 Å². The molecule has 0 aliphatic rings. The van der Waals surface area contributed by atoms with Gasteiger partial charge in [0.15, 0.2) is 0 Å². The zero-order chi connectivity index (χ0) is 6.57. The molecule has 0 aliphatic heterocycles. The van der Waals surface area contributed by atoms with Crippen LogP contribution in [0.3, 0.4) is 0 Å². The molecule has 0 rings (SSSR count). The molecule has 46 valence electrons. The Labute approximate surface area is 50.9 Å². The monoisotopic (exact) mass is 111 g/mol. The number of hydrogen-bond acceptors (Lipinski definition) is 1. The Bertz CT molecular complexity index is 103. The molecule has 0 fully saturated rings. The van der Waals surface area contributed by atoms with Gasteiger partial charge in [0.05, 0.1) is 0 Å². The molecular weight excluding hydrogens is 98.1 g/mol. The van der Waals surface area contributed by atoms with Crippen molar-refractivity contribution in [2.24, 2.45) is 11.7 Å². The fourth-order valence-corrected chi connectivity index (χ4v) is 0.331. The molecule has 0 bridgehead atoms. The minimum atomic E-state index is 0.417. The van der Waals surface area contributed by atoms with E-state index >= 15 is 0 Å². The van der Waals surface area contributed by atoms with Crippen LogP contribution in [-0.2, 0) is 0 Å². The Morgan fingerprint density at radius 1 is 1.75 bits per heavy atom. The van der Waals surface area contributed by atoms with Crippen molar-refractivity contribution in [1.29, 1.82) is 0 Å². The normalized spacial score (nSPS) is 14.2. The first-order valence-corrected chi connectivity index (χ1v) is 2.72. The fourth-order valence-electron chi connectivity index (χ4n) is 0.331. The lowest BCUT2D eigenvalue weighted by Gasteiger charge is -2.01. The Kier molecular flexibility index (Phi) is 3.01. The first kappa shape index (κ1) is 7.28. The van der Waals surface area contributed by atoms with E-state index in [1.165, 1.54) is 0 Å². The SMILES string of the molecule is C=C(C)[C@H](C)/C=C/N. The van der Waals surface area contributed by atoms with E-state index in [4.69, 9.17) is 5.73 Å². The van der Waals surface area contributed by atoms with Gasteiger partial charge >= 0.3 is 0 Å². The zero-order valence-electron chi connectivity index (χ0n) is 5.52. The minimum absolute atomic E-state index is 0.417. The molecule has 0 heterocycles. The van der Waals surface area contributed by atoms with Crippen LogP contribution in [-0.4, -0.2) is 0 Å². The van der Waals surface area contributed by atoms with Gasteiger partial charge in [-0.15, -0.1) is 0 Å². The quantitative estimate of drug-likeness (QED) is 0.539. The molecule has 0 unspecified atom stereocenters. The maximum atomic E-state index is 5.15. The van der Waals surface area contributed by atoms with Crippen molar-refractivity contribution in [3.63, 3.8) is 0 Å². The lowest BCUT2D eigenvalue weighted by Crippen LogP contribution is -1.90. The molecule has 1 heteroatoms. The van der Waals surface area contributed by atoms with E-state index in [1.54, 1.807) is 6.20 Å². The summed E-state index contributed by atoms with van der Waals surface area (Å²) >= 11 is 0. The molecule has 1 atom stereocenters. The molecule has 0 saturated heterocycles. The molecule has 0 aromatic heterocycles. The van der Waals surface area contributed by atoms with E-state index in [1.807, 2.05) is 13.0 Å². The van der Waals surface area contributed by atoms with Crippen molar-refractivity contribution in [1.82, 2.24) is 0 Å². The first-order valence-electron chi connectivity index (χ1n) is 2.72. The smallest absolute Gasteiger partial charge is 0.00400 e. The molecule has 0 spiro atoms. The number of rotatable bonds is 2. The van der Waals surface area contributed by atoms with E-state index in [0.29, 0.717) is 5.92 Å². The van der Waals surface area contributed by atoms with Crippen LogP contribution in [0.1, 0.15) is 13.8 Å². The second-order valence-corrected chi connectivity index (χ2v) is 2.02. The van der Waals surface area contributed by atoms with Crippen LogP contribution in [0.25, 0.3) is 0 Å². The third-order valence-electron chi connectivity index (χ3n) is 1.18. The van der Waals surface area contributed by atoms with Gasteiger partial charge in [0.25, 0.3) is 0 Å². The number of nitrogens with two attached hydrogens (primary N) is 1. The predicted octanol–water partition coefficient (Wildman–Crippen LogP) is 1.67. The second-order valence-electron chi connectivity index (χ2n) is 2.02. The Hall–Kier alpha value is -0.720. The third kappa shape index (κ3) is 2.45. The van der Waals surface area contributed by atoms with Crippen molar-refractivity contribution in [3.05, 3.63) is 24.4 Å². The molecule has 0 aromatic carbocycles. The number of hydrogen-bond donors (Lipinski definition) is 1. The van der Waals surface area contributed by atoms with Crippen molar-refractivity contribution in [2.45, 2.75) is 13.8 Å². The summed E-state index contributed by atoms with van der Waals surface area (Å²) in [6.45, 7) is 7.82. The average Bonchev–Trinajstić information content (AvgIpc) is 1.67. The average molecular weight is 111 g/mol. The van der Waals surface area contributed by atoms with Gasteiger partial charge in [-0.2, -0.15) is 0 Å². The molecule has 8 heavy (non-hydrogen) atoms. The lowest BCUT2D eigenvalue weighted by atomic mass is 10.1. The van der Waals surface area contributed by atoms with Crippen LogP contribution in [0, 0.1) is 5.92 Å². The summed E-state index contributed by atoms with van der Waals surface area (Å²) in [6, 6.07) is 0. The maximum Gasteiger partial charge on any atom is -0.00400 e. The molecule has 0 radical (unpaired) electrons. The topological polar surface area (TPSA) is 26.0 Å². The van der Waals surface area contributed by atoms with E-state index in [-0.39, 0.29) is 0 Å². The zero-order valence-corrected chi connectivity index (χ0v) is 5.52. The Balaban J connectivity index is 3.64. The van der Waals surface area contributed by atoms with Crippen molar-refractivity contribution < 1.29 is 0 Å². The molecule has 0 saturated carbocycles. The summed E-state index contributed by atoms with van der Waals surface area (Å²) in [4.78, 5) is 0. The standard InChI is InChI=1S/C7H13N/c1-6(2)7(3)4-5-8/h4-5,7H,1,8H2,2-3H3/b5-4+/t7-/m1/s1. The second kappa shape index (κ2) is 3.30. The Morgan fingerprint density at radius 3 is 2.38 bits per heavy atom. The maximum absolute atomic E-state index is 5.15. The summed E-state index contributed by atoms with van der Waals surface area (Å²) in [6.07, 6.45) is 3.47. The van der Waals surface area contributed by atoms with Crippen LogP contribution in [0.15, 0.2) is 24.4 Å². The van der Waals surface area contributed by atoms with Crippen LogP contribution in [0.5, 0.6) is 0 Å². The molecule has 0 amide bonds. The van der Waals surface area contributed by atoms with Gasteiger partial charge in [0.1, 0.15) is 0 Å². The highest BCUT2D eigenvalue weighted by Crippen LogP contribution is 2.06. The van der Waals surface area contributed by atoms with Gasteiger partial charge < -0.3 is 5.73 Å². The highest BCUT2D eigenvalue weighted by Gasteiger charge is 1.92. The molecule has 0 aromatic rings. The first-order chi connectivity index (χ1) is 3.68. The van der Waals surface area contributed by atoms with Gasteiger partial charge in [0.2, 0.25) is 0 Å². The van der Waals surface area contributed by atoms with Crippen LogP contribution in [0.4, 0.5) is 0 Å². The summed E-state index contributed by atoms with van der Waals surface area (Å²) < 4.78 is 0. The van der Waals surface area contributed by atoms with E-state index in [2.05, 4.69) is 13.5 Å². The van der Waals surface area contributed by atoms with Crippen molar-refractivity contribution in [3.8, 4) is 0 Å². The van der Waals surface area contributed by atoms with Gasteiger partial charge in [-0.1, -0.05) is 25.2 Å². The summed E-state index contributed by atoms with van der Waals surface area (Å²) in [5, 5.41) is 0. The largest absolute Gasteiger partial charge is 0.405 e. The highest BCUT2D eigenvalue weighted by molar-refractivity contribution is 5.03. The van der Waals surface area contributed by atoms with E-state index in [0.717, 1.165) is 5.57 Å². The van der Waals surface area contributed by atoms with E-state index < -0.39 is 0 Å². The lowest BCUT2D eigenvalue weighted by molar-refractivity contribution is 0.865. The van der Waals surface area contributed by atoms with Gasteiger partial charge in [-0.3, -0.25) is 0 Å². The van der Waals surface area contributed by atoms with Gasteiger partial charge in [-0.05, 0) is 19.0 Å². The summed E-state index contributed by atoms with van der Waals surface area (Å²) in [5.41, 5.74) is 6.29. The molecular formula is C7H13N. The summed E-state index contributed by atoms with van der Waals surface area (Å²) in [5.74, 6) is 0.417. The van der Waals surface area contributed by atoms with E-state index in [9.17, 15) is 0 Å². The van der Waals surface area contributed by atoms with Crippen LogP contribution < -0.4 is 5.73 Å². The van der Waals surface area contributed by atoms with Gasteiger partial charge in [-0.25, -0.2) is 0 Å². The predicted molar refractivity (Wildman–Crippen MR) is 37.3 cm³/mol. The molecule has 1 nitrogen and oxygen atoms in total. The fraction of sp³-hybridized carbons (Fsp3) is 0.429. The number of allylic oxidation sites excluding steroid dienone is 2. The van der Waals surface area contributed by atoms with Crippen LogP contribution in [0.2, 0.25) is 0 Å². The Morgan fingerprint density at radius 2 is 2.25 bits per heavy atom. The van der Waals surface area contributed by atoms with Crippen molar-refractivity contribution in [2.75, 3.05) is 0 Å². The molecule has 2 N–H and O–H groups in total. The highest BCUT2D eigenvalue weighted by atomic mass is 14.5.